The Morgan fingerprint density at radius 2 is 2.28 bits per heavy atom. The van der Waals surface area contributed by atoms with Gasteiger partial charge in [-0.2, -0.15) is 0 Å². The average Bonchev–Trinajstić information content (AvgIpc) is 3.00. The Labute approximate surface area is 105 Å². The molecule has 3 rings (SSSR count). The van der Waals surface area contributed by atoms with E-state index in [4.69, 9.17) is 4.42 Å². The van der Waals surface area contributed by atoms with Gasteiger partial charge in [0.15, 0.2) is 5.76 Å². The molecule has 92 valence electrons. The fourth-order valence-corrected chi connectivity index (χ4v) is 2.22. The number of likely N-dealkylation sites (N-methyl/N-ethyl adjacent to an activating group) is 1. The molecule has 1 aromatic carbocycles. The van der Waals surface area contributed by atoms with E-state index in [-0.39, 0.29) is 5.91 Å². The van der Waals surface area contributed by atoms with Crippen LogP contribution in [0.3, 0.4) is 0 Å². The second kappa shape index (κ2) is 4.22. The van der Waals surface area contributed by atoms with Crippen LogP contribution < -0.4 is 10.2 Å². The van der Waals surface area contributed by atoms with Gasteiger partial charge in [0.1, 0.15) is 0 Å². The third-order valence-corrected chi connectivity index (χ3v) is 3.22. The highest BCUT2D eigenvalue weighted by Gasteiger charge is 2.16. The van der Waals surface area contributed by atoms with Crippen LogP contribution in [-0.2, 0) is 6.42 Å². The molecule has 2 aromatic rings. The lowest BCUT2D eigenvalue weighted by Gasteiger charge is -2.13. The van der Waals surface area contributed by atoms with Crippen LogP contribution in [0, 0.1) is 0 Å². The molecule has 1 N–H and O–H groups in total. The molecule has 0 bridgehead atoms. The van der Waals surface area contributed by atoms with Gasteiger partial charge in [0, 0.05) is 25.0 Å². The van der Waals surface area contributed by atoms with Crippen LogP contribution in [0.15, 0.2) is 41.0 Å². The Morgan fingerprint density at radius 1 is 1.39 bits per heavy atom. The predicted octanol–water partition coefficient (Wildman–Crippen LogP) is 2.52. The molecule has 4 heteroatoms. The topological polar surface area (TPSA) is 45.5 Å². The van der Waals surface area contributed by atoms with Gasteiger partial charge in [-0.05, 0) is 36.2 Å². The first kappa shape index (κ1) is 10.9. The van der Waals surface area contributed by atoms with Crippen molar-refractivity contribution in [1.82, 2.24) is 0 Å². The van der Waals surface area contributed by atoms with Crippen molar-refractivity contribution in [2.24, 2.45) is 0 Å². The van der Waals surface area contributed by atoms with Crippen molar-refractivity contribution in [1.29, 1.82) is 0 Å². The number of rotatable bonds is 2. The van der Waals surface area contributed by atoms with Crippen LogP contribution in [0.25, 0.3) is 0 Å². The second-order valence-corrected chi connectivity index (χ2v) is 4.45. The van der Waals surface area contributed by atoms with E-state index in [9.17, 15) is 4.79 Å². The first-order valence-corrected chi connectivity index (χ1v) is 5.93. The molecule has 0 fully saturated rings. The number of amides is 1. The van der Waals surface area contributed by atoms with Crippen LogP contribution in [0.4, 0.5) is 11.4 Å². The van der Waals surface area contributed by atoms with Crippen LogP contribution in [-0.4, -0.2) is 19.5 Å². The van der Waals surface area contributed by atoms with E-state index < -0.39 is 0 Å². The Kier molecular flexibility index (Phi) is 2.55. The first-order valence-electron chi connectivity index (χ1n) is 5.93. The number of nitrogens with one attached hydrogen (secondary N) is 1. The number of anilines is 2. The largest absolute Gasteiger partial charge is 0.459 e. The molecule has 18 heavy (non-hydrogen) atoms. The quantitative estimate of drug-likeness (QED) is 0.880. The minimum atomic E-state index is -0.222. The lowest BCUT2D eigenvalue weighted by molar-refractivity contribution is 0.0996. The number of hydrogen-bond donors (Lipinski definition) is 1. The summed E-state index contributed by atoms with van der Waals surface area (Å²) in [7, 11) is 2.06. The number of nitrogens with zero attached hydrogens (tertiary/aromatic N) is 1. The smallest absolute Gasteiger partial charge is 0.291 e. The molecule has 0 unspecified atom stereocenters. The van der Waals surface area contributed by atoms with E-state index in [0.717, 1.165) is 18.7 Å². The summed E-state index contributed by atoms with van der Waals surface area (Å²) in [6, 6.07) is 9.35. The molecule has 1 aromatic heterocycles. The number of furan rings is 1. The van der Waals surface area contributed by atoms with Gasteiger partial charge in [-0.3, -0.25) is 4.79 Å². The maximum atomic E-state index is 11.8. The number of carbonyl (C=O) groups excluding carboxylic acids is 1. The highest BCUT2D eigenvalue weighted by molar-refractivity contribution is 6.02. The number of hydrogen-bond acceptors (Lipinski definition) is 3. The molecular weight excluding hydrogens is 228 g/mol. The van der Waals surface area contributed by atoms with Crippen molar-refractivity contribution in [3.8, 4) is 0 Å². The molecule has 0 aliphatic carbocycles. The summed E-state index contributed by atoms with van der Waals surface area (Å²) in [6.07, 6.45) is 2.56. The van der Waals surface area contributed by atoms with Gasteiger partial charge >= 0.3 is 0 Å². The van der Waals surface area contributed by atoms with Crippen LogP contribution >= 0.6 is 0 Å². The monoisotopic (exact) mass is 242 g/mol. The molecule has 4 nitrogen and oxygen atoms in total. The van der Waals surface area contributed by atoms with Gasteiger partial charge in [-0.1, -0.05) is 6.07 Å². The summed E-state index contributed by atoms with van der Waals surface area (Å²) in [5, 5.41) is 2.84. The van der Waals surface area contributed by atoms with Crippen LogP contribution in [0.1, 0.15) is 16.1 Å². The highest BCUT2D eigenvalue weighted by Crippen LogP contribution is 2.29. The fraction of sp³-hybridized carbons (Fsp3) is 0.214. The van der Waals surface area contributed by atoms with E-state index >= 15 is 0 Å². The van der Waals surface area contributed by atoms with Crippen molar-refractivity contribution in [2.75, 3.05) is 23.8 Å². The fourth-order valence-electron chi connectivity index (χ4n) is 2.22. The SMILES string of the molecule is CN1CCc2ccc(NC(=O)c3ccco3)cc21. The predicted molar refractivity (Wildman–Crippen MR) is 70.1 cm³/mol. The summed E-state index contributed by atoms with van der Waals surface area (Å²) >= 11 is 0. The lowest BCUT2D eigenvalue weighted by Crippen LogP contribution is -2.14. The summed E-state index contributed by atoms with van der Waals surface area (Å²) in [5.74, 6) is 0.101. The first-order chi connectivity index (χ1) is 8.74. The molecular formula is C14H14N2O2. The van der Waals surface area contributed by atoms with E-state index in [1.54, 1.807) is 12.1 Å². The van der Waals surface area contributed by atoms with Crippen molar-refractivity contribution >= 4 is 17.3 Å². The van der Waals surface area contributed by atoms with Gasteiger partial charge in [0.25, 0.3) is 5.91 Å². The summed E-state index contributed by atoms with van der Waals surface area (Å²) in [5.41, 5.74) is 3.31. The minimum absolute atomic E-state index is 0.222. The number of fused-ring (bicyclic) bond motifs is 1. The van der Waals surface area contributed by atoms with Gasteiger partial charge in [0.2, 0.25) is 0 Å². The number of carbonyl (C=O) groups is 1. The molecule has 0 saturated carbocycles. The number of benzene rings is 1. The van der Waals surface area contributed by atoms with Gasteiger partial charge in [-0.15, -0.1) is 0 Å². The lowest BCUT2D eigenvalue weighted by atomic mass is 10.1. The molecule has 0 saturated heterocycles. The summed E-state index contributed by atoms with van der Waals surface area (Å²) in [4.78, 5) is 14.0. The third-order valence-electron chi connectivity index (χ3n) is 3.22. The van der Waals surface area contributed by atoms with E-state index in [1.807, 2.05) is 12.1 Å². The molecule has 1 aliphatic heterocycles. The normalized spacial score (nSPS) is 13.5. The molecule has 0 radical (unpaired) electrons. The summed E-state index contributed by atoms with van der Waals surface area (Å²) in [6.45, 7) is 1.03. The maximum absolute atomic E-state index is 11.8. The Balaban J connectivity index is 1.82. The zero-order valence-corrected chi connectivity index (χ0v) is 10.1. The zero-order valence-electron chi connectivity index (χ0n) is 10.1. The van der Waals surface area contributed by atoms with Crippen molar-refractivity contribution in [3.05, 3.63) is 47.9 Å². The van der Waals surface area contributed by atoms with Crippen molar-refractivity contribution in [3.63, 3.8) is 0 Å². The summed E-state index contributed by atoms with van der Waals surface area (Å²) < 4.78 is 5.06. The highest BCUT2D eigenvalue weighted by atomic mass is 16.3. The molecule has 1 aliphatic rings. The van der Waals surface area contributed by atoms with Gasteiger partial charge in [-0.25, -0.2) is 0 Å². The third kappa shape index (κ3) is 1.86. The zero-order chi connectivity index (χ0) is 12.5. The van der Waals surface area contributed by atoms with Crippen molar-refractivity contribution in [2.45, 2.75) is 6.42 Å². The average molecular weight is 242 g/mol. The Bertz CT molecular complexity index is 575. The molecule has 0 atom stereocenters. The van der Waals surface area contributed by atoms with Crippen LogP contribution in [0.5, 0.6) is 0 Å². The Morgan fingerprint density at radius 3 is 3.06 bits per heavy atom. The second-order valence-electron chi connectivity index (χ2n) is 4.45. The van der Waals surface area contributed by atoms with Gasteiger partial charge in [0.05, 0.1) is 6.26 Å². The maximum Gasteiger partial charge on any atom is 0.291 e. The van der Waals surface area contributed by atoms with Crippen molar-refractivity contribution < 1.29 is 9.21 Å². The van der Waals surface area contributed by atoms with E-state index in [2.05, 4.69) is 23.3 Å². The standard InChI is InChI=1S/C14H14N2O2/c1-16-7-6-10-4-5-11(9-12(10)16)15-14(17)13-3-2-8-18-13/h2-5,8-9H,6-7H2,1H3,(H,15,17). The molecule has 2 heterocycles. The van der Waals surface area contributed by atoms with E-state index in [0.29, 0.717) is 5.76 Å². The van der Waals surface area contributed by atoms with Crippen LogP contribution in [0.2, 0.25) is 0 Å². The Hall–Kier alpha value is -2.23. The minimum Gasteiger partial charge on any atom is -0.459 e. The van der Waals surface area contributed by atoms with Gasteiger partial charge < -0.3 is 14.6 Å². The molecule has 0 spiro atoms. The van der Waals surface area contributed by atoms with E-state index in [1.165, 1.54) is 17.5 Å². The molecule has 1 amide bonds.